The van der Waals surface area contributed by atoms with Crippen molar-refractivity contribution < 1.29 is 19.1 Å². The van der Waals surface area contributed by atoms with Crippen molar-refractivity contribution in [3.63, 3.8) is 0 Å². The zero-order valence-electron chi connectivity index (χ0n) is 15.7. The van der Waals surface area contributed by atoms with Crippen LogP contribution in [0.5, 0.6) is 0 Å². The normalized spacial score (nSPS) is 11.7. The lowest BCUT2D eigenvalue weighted by molar-refractivity contribution is -0.125. The van der Waals surface area contributed by atoms with E-state index in [0.717, 1.165) is 11.1 Å². The first-order chi connectivity index (χ1) is 13.0. The first-order valence-electron chi connectivity index (χ1n) is 8.94. The SMILES string of the molecule is CC(C)NC(=O)[C@@H](COCc1ccccc1)NC(=O)OCc1ccccc1. The van der Waals surface area contributed by atoms with Gasteiger partial charge < -0.3 is 20.1 Å². The van der Waals surface area contributed by atoms with Crippen LogP contribution >= 0.6 is 0 Å². The van der Waals surface area contributed by atoms with Gasteiger partial charge in [0.05, 0.1) is 13.2 Å². The summed E-state index contributed by atoms with van der Waals surface area (Å²) in [5.74, 6) is -0.310. The Labute approximate surface area is 159 Å². The van der Waals surface area contributed by atoms with E-state index in [0.29, 0.717) is 6.61 Å². The van der Waals surface area contributed by atoms with Crippen molar-refractivity contribution in [1.82, 2.24) is 10.6 Å². The Morgan fingerprint density at radius 2 is 1.41 bits per heavy atom. The Kier molecular flexibility index (Phi) is 8.32. The highest BCUT2D eigenvalue weighted by Crippen LogP contribution is 2.03. The molecule has 0 spiro atoms. The van der Waals surface area contributed by atoms with Gasteiger partial charge in [0, 0.05) is 6.04 Å². The average molecular weight is 370 g/mol. The Bertz CT molecular complexity index is 705. The molecule has 0 aliphatic rings. The summed E-state index contributed by atoms with van der Waals surface area (Å²) < 4.78 is 10.8. The van der Waals surface area contributed by atoms with E-state index >= 15 is 0 Å². The average Bonchev–Trinajstić information content (AvgIpc) is 2.66. The minimum atomic E-state index is -0.834. The molecule has 1 atom stereocenters. The molecule has 6 nitrogen and oxygen atoms in total. The van der Waals surface area contributed by atoms with Gasteiger partial charge in [-0.1, -0.05) is 60.7 Å². The summed E-state index contributed by atoms with van der Waals surface area (Å²) in [6.07, 6.45) is -0.661. The number of ether oxygens (including phenoxy) is 2. The summed E-state index contributed by atoms with van der Waals surface area (Å²) in [5, 5.41) is 5.36. The molecule has 2 aromatic carbocycles. The third-order valence-corrected chi connectivity index (χ3v) is 3.65. The molecule has 144 valence electrons. The Morgan fingerprint density at radius 3 is 1.96 bits per heavy atom. The second kappa shape index (κ2) is 11.0. The van der Waals surface area contributed by atoms with E-state index in [-0.39, 0.29) is 25.2 Å². The largest absolute Gasteiger partial charge is 0.445 e. The molecule has 2 N–H and O–H groups in total. The highest BCUT2D eigenvalue weighted by molar-refractivity contribution is 5.85. The van der Waals surface area contributed by atoms with Crippen LogP contribution in [0, 0.1) is 0 Å². The van der Waals surface area contributed by atoms with Crippen LogP contribution in [-0.4, -0.2) is 30.7 Å². The van der Waals surface area contributed by atoms with Crippen molar-refractivity contribution >= 4 is 12.0 Å². The Balaban J connectivity index is 1.86. The fourth-order valence-electron chi connectivity index (χ4n) is 2.34. The van der Waals surface area contributed by atoms with E-state index in [1.54, 1.807) is 0 Å². The molecule has 0 bridgehead atoms. The Hall–Kier alpha value is -2.86. The molecule has 2 aromatic rings. The number of hydrogen-bond donors (Lipinski definition) is 2. The quantitative estimate of drug-likeness (QED) is 0.711. The molecule has 0 aliphatic carbocycles. The molecule has 0 aliphatic heterocycles. The van der Waals surface area contributed by atoms with E-state index in [2.05, 4.69) is 10.6 Å². The van der Waals surface area contributed by atoms with E-state index in [4.69, 9.17) is 9.47 Å². The number of carbonyl (C=O) groups excluding carboxylic acids is 2. The monoisotopic (exact) mass is 370 g/mol. The highest BCUT2D eigenvalue weighted by atomic mass is 16.5. The zero-order valence-corrected chi connectivity index (χ0v) is 15.7. The molecule has 0 radical (unpaired) electrons. The topological polar surface area (TPSA) is 76.7 Å². The summed E-state index contributed by atoms with van der Waals surface area (Å²) >= 11 is 0. The predicted molar refractivity (Wildman–Crippen MR) is 103 cm³/mol. The van der Waals surface area contributed by atoms with Crippen molar-refractivity contribution in [3.8, 4) is 0 Å². The first kappa shape index (κ1) is 20.5. The van der Waals surface area contributed by atoms with Crippen LogP contribution in [0.2, 0.25) is 0 Å². The standard InChI is InChI=1S/C21H26N2O4/c1-16(2)22-20(24)19(15-26-13-17-9-5-3-6-10-17)23-21(25)27-14-18-11-7-4-8-12-18/h3-12,16,19H,13-15H2,1-2H3,(H,22,24)(H,23,25)/t19-/m1/s1. The number of alkyl carbamates (subject to hydrolysis) is 1. The molecule has 0 aromatic heterocycles. The van der Waals surface area contributed by atoms with Crippen molar-refractivity contribution in [3.05, 3.63) is 71.8 Å². The molecular weight excluding hydrogens is 344 g/mol. The van der Waals surface area contributed by atoms with Gasteiger partial charge in [0.15, 0.2) is 0 Å². The number of amides is 2. The lowest BCUT2D eigenvalue weighted by Gasteiger charge is -2.20. The molecule has 6 heteroatoms. The van der Waals surface area contributed by atoms with E-state index in [1.165, 1.54) is 0 Å². The maximum Gasteiger partial charge on any atom is 0.408 e. The van der Waals surface area contributed by atoms with Crippen LogP contribution in [-0.2, 0) is 27.5 Å². The van der Waals surface area contributed by atoms with E-state index < -0.39 is 12.1 Å². The number of rotatable bonds is 9. The van der Waals surface area contributed by atoms with Crippen molar-refractivity contribution in [2.45, 2.75) is 39.1 Å². The predicted octanol–water partition coefficient (Wildman–Crippen LogP) is 3.02. The van der Waals surface area contributed by atoms with Crippen LogP contribution in [0.1, 0.15) is 25.0 Å². The number of hydrogen-bond acceptors (Lipinski definition) is 4. The maximum atomic E-state index is 12.3. The summed E-state index contributed by atoms with van der Waals surface area (Å²) in [6, 6.07) is 18.1. The lowest BCUT2D eigenvalue weighted by atomic mass is 10.2. The van der Waals surface area contributed by atoms with Crippen LogP contribution in [0.3, 0.4) is 0 Å². The zero-order chi connectivity index (χ0) is 19.5. The van der Waals surface area contributed by atoms with Crippen molar-refractivity contribution in [1.29, 1.82) is 0 Å². The van der Waals surface area contributed by atoms with Gasteiger partial charge in [-0.3, -0.25) is 4.79 Å². The Morgan fingerprint density at radius 1 is 0.852 bits per heavy atom. The summed E-state index contributed by atoms with van der Waals surface area (Å²) in [6.45, 7) is 4.25. The third-order valence-electron chi connectivity index (χ3n) is 3.65. The minimum Gasteiger partial charge on any atom is -0.445 e. The van der Waals surface area contributed by atoms with Gasteiger partial charge >= 0.3 is 6.09 Å². The smallest absolute Gasteiger partial charge is 0.408 e. The molecule has 0 unspecified atom stereocenters. The highest BCUT2D eigenvalue weighted by Gasteiger charge is 2.22. The summed E-state index contributed by atoms with van der Waals surface area (Å²) in [5.41, 5.74) is 1.86. The lowest BCUT2D eigenvalue weighted by Crippen LogP contribution is -2.51. The molecule has 2 rings (SSSR count). The molecule has 0 fully saturated rings. The summed E-state index contributed by atoms with van der Waals surface area (Å²) in [4.78, 5) is 24.4. The molecule has 0 saturated carbocycles. The number of benzene rings is 2. The molecule has 2 amide bonds. The van der Waals surface area contributed by atoms with Crippen molar-refractivity contribution in [2.24, 2.45) is 0 Å². The third kappa shape index (κ3) is 7.92. The van der Waals surface area contributed by atoms with Crippen LogP contribution in [0.15, 0.2) is 60.7 Å². The molecule has 0 heterocycles. The van der Waals surface area contributed by atoms with E-state index in [9.17, 15) is 9.59 Å². The summed E-state index contributed by atoms with van der Waals surface area (Å²) in [7, 11) is 0. The first-order valence-corrected chi connectivity index (χ1v) is 8.94. The number of nitrogens with one attached hydrogen (secondary N) is 2. The van der Waals surface area contributed by atoms with E-state index in [1.807, 2.05) is 74.5 Å². The van der Waals surface area contributed by atoms with Gasteiger partial charge in [-0.05, 0) is 25.0 Å². The number of carbonyl (C=O) groups is 2. The molecule has 27 heavy (non-hydrogen) atoms. The van der Waals surface area contributed by atoms with Gasteiger partial charge in [-0.2, -0.15) is 0 Å². The van der Waals surface area contributed by atoms with Gasteiger partial charge in [0.1, 0.15) is 12.6 Å². The second-order valence-electron chi connectivity index (χ2n) is 6.42. The molecular formula is C21H26N2O4. The van der Waals surface area contributed by atoms with Crippen molar-refractivity contribution in [2.75, 3.05) is 6.61 Å². The van der Waals surface area contributed by atoms with Crippen LogP contribution in [0.25, 0.3) is 0 Å². The van der Waals surface area contributed by atoms with Gasteiger partial charge in [0.25, 0.3) is 0 Å². The fourth-order valence-corrected chi connectivity index (χ4v) is 2.34. The van der Waals surface area contributed by atoms with Gasteiger partial charge in [-0.25, -0.2) is 4.79 Å². The van der Waals surface area contributed by atoms with Gasteiger partial charge in [-0.15, -0.1) is 0 Å². The fraction of sp³-hybridized carbons (Fsp3) is 0.333. The van der Waals surface area contributed by atoms with Crippen LogP contribution < -0.4 is 10.6 Å². The minimum absolute atomic E-state index is 0.0451. The molecule has 0 saturated heterocycles. The van der Waals surface area contributed by atoms with Crippen LogP contribution in [0.4, 0.5) is 4.79 Å². The maximum absolute atomic E-state index is 12.3. The second-order valence-corrected chi connectivity index (χ2v) is 6.42. The van der Waals surface area contributed by atoms with Gasteiger partial charge in [0.2, 0.25) is 5.91 Å².